The zero-order chi connectivity index (χ0) is 23.6. The van der Waals surface area contributed by atoms with Crippen molar-refractivity contribution >= 4 is 44.0 Å². The highest BCUT2D eigenvalue weighted by Gasteiger charge is 2.27. The van der Waals surface area contributed by atoms with Crippen LogP contribution in [0, 0.1) is 0 Å². The number of carbonyl (C=O) groups excluding carboxylic acids is 1. The number of aromatic nitrogens is 2. The van der Waals surface area contributed by atoms with Gasteiger partial charge in [0.2, 0.25) is 0 Å². The molecule has 6 heteroatoms. The largest absolute Gasteiger partial charge is 0.481 e. The summed E-state index contributed by atoms with van der Waals surface area (Å²) in [5.74, 6) is 0.525. The minimum atomic E-state index is -0.630. The summed E-state index contributed by atoms with van der Waals surface area (Å²) < 4.78 is 7.98. The van der Waals surface area contributed by atoms with Crippen LogP contribution in [0.2, 0.25) is 0 Å². The Bertz CT molecular complexity index is 1680. The van der Waals surface area contributed by atoms with E-state index in [0.29, 0.717) is 17.6 Å². The highest BCUT2D eigenvalue weighted by atomic mass is 16.5. The minimum absolute atomic E-state index is 0.0665. The van der Waals surface area contributed by atoms with Gasteiger partial charge in [0.15, 0.2) is 6.10 Å². The van der Waals surface area contributed by atoms with Crippen LogP contribution in [0.25, 0.3) is 38.1 Å². The molecule has 0 aliphatic heterocycles. The number of nitrogens with one attached hydrogen (secondary N) is 1. The number of nitrogens with zero attached hydrogens (tertiary/aromatic N) is 2. The van der Waals surface area contributed by atoms with Gasteiger partial charge < -0.3 is 10.1 Å². The Morgan fingerprint density at radius 2 is 1.94 bits per heavy atom. The Balaban J connectivity index is 1.64. The van der Waals surface area contributed by atoms with Gasteiger partial charge in [0, 0.05) is 39.3 Å². The van der Waals surface area contributed by atoms with Crippen LogP contribution in [-0.4, -0.2) is 27.4 Å². The summed E-state index contributed by atoms with van der Waals surface area (Å²) in [7, 11) is 0. The molecule has 2 aromatic carbocycles. The van der Waals surface area contributed by atoms with E-state index in [1.807, 2.05) is 49.4 Å². The third-order valence-corrected chi connectivity index (χ3v) is 6.60. The molecule has 6 nitrogen and oxygen atoms in total. The predicted molar refractivity (Wildman–Crippen MR) is 135 cm³/mol. The van der Waals surface area contributed by atoms with Gasteiger partial charge in [-0.3, -0.25) is 19.0 Å². The van der Waals surface area contributed by atoms with Gasteiger partial charge in [0.25, 0.3) is 11.5 Å². The fourth-order valence-electron chi connectivity index (χ4n) is 4.89. The summed E-state index contributed by atoms with van der Waals surface area (Å²) in [6, 6.07) is 13.6. The van der Waals surface area contributed by atoms with E-state index in [-0.39, 0.29) is 17.5 Å². The second kappa shape index (κ2) is 7.55. The van der Waals surface area contributed by atoms with Gasteiger partial charge in [-0.15, -0.1) is 0 Å². The van der Waals surface area contributed by atoms with Crippen molar-refractivity contribution in [3.05, 3.63) is 76.7 Å². The lowest BCUT2D eigenvalue weighted by Gasteiger charge is -2.18. The molecule has 3 aromatic heterocycles. The molecule has 0 spiro atoms. The van der Waals surface area contributed by atoms with Crippen molar-refractivity contribution < 1.29 is 9.53 Å². The maximum absolute atomic E-state index is 13.6. The molecular weight excluding hydrogens is 426 g/mol. The van der Waals surface area contributed by atoms with Crippen LogP contribution in [0.3, 0.4) is 0 Å². The van der Waals surface area contributed by atoms with E-state index >= 15 is 0 Å². The van der Waals surface area contributed by atoms with Crippen molar-refractivity contribution in [2.45, 2.75) is 45.3 Å². The molecule has 1 amide bonds. The number of carbonyl (C=O) groups is 1. The Morgan fingerprint density at radius 1 is 1.18 bits per heavy atom. The lowest BCUT2D eigenvalue weighted by molar-refractivity contribution is -0.127. The molecule has 1 aliphatic rings. The highest BCUT2D eigenvalue weighted by molar-refractivity contribution is 6.19. The second-order valence-corrected chi connectivity index (χ2v) is 9.36. The predicted octanol–water partition coefficient (Wildman–Crippen LogP) is 4.76. The number of rotatable bonds is 6. The first-order valence-electron chi connectivity index (χ1n) is 11.6. The third-order valence-electron chi connectivity index (χ3n) is 6.60. The van der Waals surface area contributed by atoms with E-state index in [1.54, 1.807) is 17.5 Å². The van der Waals surface area contributed by atoms with Crippen LogP contribution in [0.4, 0.5) is 0 Å². The fourth-order valence-corrected chi connectivity index (χ4v) is 4.89. The van der Waals surface area contributed by atoms with Crippen molar-refractivity contribution in [1.29, 1.82) is 0 Å². The Labute approximate surface area is 196 Å². The average Bonchev–Trinajstić information content (AvgIpc) is 3.57. The number of hydrogen-bond acceptors (Lipinski definition) is 4. The van der Waals surface area contributed by atoms with E-state index in [0.717, 1.165) is 56.7 Å². The molecule has 0 saturated heterocycles. The molecule has 0 unspecified atom stereocenters. The first kappa shape index (κ1) is 20.7. The number of amides is 1. The molecule has 170 valence electrons. The van der Waals surface area contributed by atoms with Gasteiger partial charge in [-0.05, 0) is 57.4 Å². The van der Waals surface area contributed by atoms with Crippen LogP contribution >= 0.6 is 0 Å². The summed E-state index contributed by atoms with van der Waals surface area (Å²) in [6.07, 6.45) is 3.78. The minimum Gasteiger partial charge on any atom is -0.481 e. The average molecular weight is 452 g/mol. The van der Waals surface area contributed by atoms with Crippen LogP contribution in [-0.2, 0) is 11.2 Å². The molecule has 1 fully saturated rings. The summed E-state index contributed by atoms with van der Waals surface area (Å²) in [4.78, 5) is 30.8. The van der Waals surface area contributed by atoms with Gasteiger partial charge in [0.05, 0.1) is 16.6 Å². The number of allylic oxidation sites excluding steroid dienone is 1. The highest BCUT2D eigenvalue weighted by Crippen LogP contribution is 2.39. The molecular formula is C28H25N3O3. The molecule has 34 heavy (non-hydrogen) atoms. The number of ether oxygens (including phenoxy) is 1. The van der Waals surface area contributed by atoms with E-state index in [9.17, 15) is 9.59 Å². The Kier molecular flexibility index (Phi) is 4.59. The zero-order valence-electron chi connectivity index (χ0n) is 19.2. The van der Waals surface area contributed by atoms with Crippen molar-refractivity contribution in [3.63, 3.8) is 0 Å². The Hall–Kier alpha value is -3.93. The number of benzene rings is 2. The maximum Gasteiger partial charge on any atom is 0.263 e. The number of hydrogen-bond donors (Lipinski definition) is 1. The second-order valence-electron chi connectivity index (χ2n) is 9.36. The fraction of sp³-hybridized carbons (Fsp3) is 0.250. The molecule has 0 radical (unpaired) electrons. The lowest BCUT2D eigenvalue weighted by atomic mass is 9.99. The summed E-state index contributed by atoms with van der Waals surface area (Å²) in [6.45, 7) is 7.86. The standard InChI is InChI=1S/C28H25N3O3/c1-15(2)14-21-23(34-16(3)27(32)30-17-8-9-17)11-10-22-24(21)20-12-13-29-25-18-6-4-5-7-19(18)28(33)31(22)26(20)25/h4-7,10-13,16-17H,1,8-9,14H2,2-3H3,(H,30,32)/t16-/m0/s1. The van der Waals surface area contributed by atoms with Gasteiger partial charge in [-0.2, -0.15) is 0 Å². The van der Waals surface area contributed by atoms with Gasteiger partial charge >= 0.3 is 0 Å². The normalized spacial score (nSPS) is 14.8. The lowest BCUT2D eigenvalue weighted by Crippen LogP contribution is -2.37. The SMILES string of the molecule is C=C(C)Cc1c(O[C@@H](C)C(=O)NC2CC2)ccc2c1c1ccnc3c4ccccc4c(=O)n2c13. The van der Waals surface area contributed by atoms with Crippen LogP contribution in [0.15, 0.2) is 65.6 Å². The molecule has 0 bridgehead atoms. The van der Waals surface area contributed by atoms with Crippen LogP contribution in [0.1, 0.15) is 32.3 Å². The van der Waals surface area contributed by atoms with E-state index in [1.165, 1.54) is 0 Å². The first-order valence-corrected chi connectivity index (χ1v) is 11.6. The quantitative estimate of drug-likeness (QED) is 0.299. The molecule has 3 heterocycles. The van der Waals surface area contributed by atoms with Crippen molar-refractivity contribution in [2.24, 2.45) is 0 Å². The van der Waals surface area contributed by atoms with Gasteiger partial charge in [-0.1, -0.05) is 30.4 Å². The van der Waals surface area contributed by atoms with E-state index < -0.39 is 6.10 Å². The summed E-state index contributed by atoms with van der Waals surface area (Å²) in [5.41, 5.74) is 4.24. The smallest absolute Gasteiger partial charge is 0.263 e. The molecule has 5 aromatic rings. The topological polar surface area (TPSA) is 72.7 Å². The van der Waals surface area contributed by atoms with E-state index in [4.69, 9.17) is 4.74 Å². The van der Waals surface area contributed by atoms with Gasteiger partial charge in [0.1, 0.15) is 5.75 Å². The summed E-state index contributed by atoms with van der Waals surface area (Å²) in [5, 5.41) is 6.37. The van der Waals surface area contributed by atoms with Crippen LogP contribution < -0.4 is 15.6 Å². The van der Waals surface area contributed by atoms with Gasteiger partial charge in [-0.25, -0.2) is 0 Å². The molecule has 1 saturated carbocycles. The molecule has 1 atom stereocenters. The number of pyridine rings is 2. The van der Waals surface area contributed by atoms with Crippen molar-refractivity contribution in [3.8, 4) is 5.75 Å². The Morgan fingerprint density at radius 3 is 2.68 bits per heavy atom. The third kappa shape index (κ3) is 3.13. The van der Waals surface area contributed by atoms with Crippen molar-refractivity contribution in [1.82, 2.24) is 14.7 Å². The van der Waals surface area contributed by atoms with Crippen molar-refractivity contribution in [2.75, 3.05) is 0 Å². The zero-order valence-corrected chi connectivity index (χ0v) is 19.2. The van der Waals surface area contributed by atoms with E-state index in [2.05, 4.69) is 16.9 Å². The maximum atomic E-state index is 13.6. The first-order chi connectivity index (χ1) is 16.4. The van der Waals surface area contributed by atoms with Crippen LogP contribution in [0.5, 0.6) is 5.75 Å². The molecule has 1 N–H and O–H groups in total. The number of fused-ring (bicyclic) bond motifs is 5. The molecule has 6 rings (SSSR count). The monoisotopic (exact) mass is 451 g/mol. The summed E-state index contributed by atoms with van der Waals surface area (Å²) >= 11 is 0. The molecule has 1 aliphatic carbocycles.